The molecule has 19 heavy (non-hydrogen) atoms. The van der Waals surface area contributed by atoms with Gasteiger partial charge in [0.25, 0.3) is 0 Å². The van der Waals surface area contributed by atoms with Crippen LogP contribution in [-0.4, -0.2) is 19.9 Å². The zero-order valence-electron chi connectivity index (χ0n) is 11.4. The fourth-order valence-electron chi connectivity index (χ4n) is 1.65. The first-order valence-electron chi connectivity index (χ1n) is 6.46. The van der Waals surface area contributed by atoms with Crippen LogP contribution in [0.2, 0.25) is 0 Å². The van der Waals surface area contributed by atoms with E-state index < -0.39 is 6.10 Å². The van der Waals surface area contributed by atoms with Gasteiger partial charge >= 0.3 is 0 Å². The summed E-state index contributed by atoms with van der Waals surface area (Å²) < 4.78 is 7.48. The van der Waals surface area contributed by atoms with Crippen molar-refractivity contribution >= 4 is 0 Å². The molecule has 5 heteroatoms. The van der Waals surface area contributed by atoms with Crippen LogP contribution >= 0.6 is 0 Å². The summed E-state index contributed by atoms with van der Waals surface area (Å²) in [6, 6.07) is 3.88. The molecule has 102 valence electrons. The Morgan fingerprint density at radius 2 is 2.05 bits per heavy atom. The molecule has 2 heterocycles. The number of aliphatic hydroxyl groups excluding tert-OH is 1. The molecule has 0 aliphatic carbocycles. The summed E-state index contributed by atoms with van der Waals surface area (Å²) in [6.07, 6.45) is 5.27. The van der Waals surface area contributed by atoms with Crippen LogP contribution in [0.15, 0.2) is 30.7 Å². The summed E-state index contributed by atoms with van der Waals surface area (Å²) in [6.45, 7) is 6.02. The molecule has 0 radical (unpaired) electrons. The third-order valence-corrected chi connectivity index (χ3v) is 2.83. The summed E-state index contributed by atoms with van der Waals surface area (Å²) in [4.78, 5) is 4.19. The SMILES string of the molecule is CCC(O)c1ccc(Oc2cnn(C(C)C)c2)cn1. The minimum absolute atomic E-state index is 0.303. The second kappa shape index (κ2) is 5.84. The highest BCUT2D eigenvalue weighted by molar-refractivity contribution is 5.27. The van der Waals surface area contributed by atoms with Crippen molar-refractivity contribution in [3.8, 4) is 11.5 Å². The van der Waals surface area contributed by atoms with Crippen LogP contribution in [0.3, 0.4) is 0 Å². The number of aromatic nitrogens is 3. The Hall–Kier alpha value is -1.88. The number of nitrogens with zero attached hydrogens (tertiary/aromatic N) is 3. The lowest BCUT2D eigenvalue weighted by molar-refractivity contribution is 0.169. The highest BCUT2D eigenvalue weighted by Crippen LogP contribution is 2.22. The van der Waals surface area contributed by atoms with E-state index in [1.165, 1.54) is 0 Å². The summed E-state index contributed by atoms with van der Waals surface area (Å²) in [5.41, 5.74) is 0.660. The number of pyridine rings is 1. The lowest BCUT2D eigenvalue weighted by atomic mass is 10.2. The lowest BCUT2D eigenvalue weighted by Crippen LogP contribution is -1.99. The molecule has 0 aliphatic rings. The average molecular weight is 261 g/mol. The van der Waals surface area contributed by atoms with E-state index in [-0.39, 0.29) is 0 Å². The molecule has 0 amide bonds. The van der Waals surface area contributed by atoms with E-state index >= 15 is 0 Å². The third-order valence-electron chi connectivity index (χ3n) is 2.83. The fraction of sp³-hybridized carbons (Fsp3) is 0.429. The van der Waals surface area contributed by atoms with Gasteiger partial charge in [0.1, 0.15) is 5.75 Å². The van der Waals surface area contributed by atoms with Gasteiger partial charge in [-0.15, -0.1) is 0 Å². The topological polar surface area (TPSA) is 60.2 Å². The molecular weight excluding hydrogens is 242 g/mol. The minimum Gasteiger partial charge on any atom is -0.452 e. The summed E-state index contributed by atoms with van der Waals surface area (Å²) in [5.74, 6) is 1.31. The van der Waals surface area contributed by atoms with Gasteiger partial charge in [0.15, 0.2) is 5.75 Å². The maximum atomic E-state index is 9.66. The predicted octanol–water partition coefficient (Wildman–Crippen LogP) is 3.09. The van der Waals surface area contributed by atoms with E-state index in [2.05, 4.69) is 23.9 Å². The van der Waals surface area contributed by atoms with Gasteiger partial charge in [0.05, 0.1) is 30.4 Å². The van der Waals surface area contributed by atoms with Gasteiger partial charge in [-0.05, 0) is 32.4 Å². The molecule has 5 nitrogen and oxygen atoms in total. The van der Waals surface area contributed by atoms with Gasteiger partial charge in [0, 0.05) is 6.04 Å². The summed E-state index contributed by atoms with van der Waals surface area (Å²) in [7, 11) is 0. The van der Waals surface area contributed by atoms with Gasteiger partial charge < -0.3 is 9.84 Å². The Labute approximate surface area is 112 Å². The lowest BCUT2D eigenvalue weighted by Gasteiger charge is -2.08. The van der Waals surface area contributed by atoms with E-state index in [1.54, 1.807) is 24.5 Å². The van der Waals surface area contributed by atoms with Crippen molar-refractivity contribution in [1.29, 1.82) is 0 Å². The van der Waals surface area contributed by atoms with Crippen LogP contribution in [0.5, 0.6) is 11.5 Å². The van der Waals surface area contributed by atoms with Crippen molar-refractivity contribution in [2.24, 2.45) is 0 Å². The van der Waals surface area contributed by atoms with Crippen molar-refractivity contribution in [2.45, 2.75) is 39.3 Å². The third kappa shape index (κ3) is 3.32. The number of hydrogen-bond acceptors (Lipinski definition) is 4. The molecule has 0 spiro atoms. The van der Waals surface area contributed by atoms with Crippen molar-refractivity contribution < 1.29 is 9.84 Å². The average Bonchev–Trinajstić information content (AvgIpc) is 2.87. The normalized spacial score (nSPS) is 12.7. The predicted molar refractivity (Wildman–Crippen MR) is 72.2 cm³/mol. The first-order valence-corrected chi connectivity index (χ1v) is 6.46. The molecule has 0 fully saturated rings. The summed E-state index contributed by atoms with van der Waals surface area (Å²) in [5, 5.41) is 13.9. The number of ether oxygens (including phenoxy) is 1. The molecule has 0 aliphatic heterocycles. The highest BCUT2D eigenvalue weighted by atomic mass is 16.5. The molecule has 2 aromatic rings. The number of rotatable bonds is 5. The maximum absolute atomic E-state index is 9.66. The largest absolute Gasteiger partial charge is 0.452 e. The van der Waals surface area contributed by atoms with Crippen molar-refractivity contribution in [3.63, 3.8) is 0 Å². The van der Waals surface area contributed by atoms with Crippen molar-refractivity contribution in [1.82, 2.24) is 14.8 Å². The van der Waals surface area contributed by atoms with Gasteiger partial charge in [0.2, 0.25) is 0 Å². The monoisotopic (exact) mass is 261 g/mol. The van der Waals surface area contributed by atoms with Crippen LogP contribution in [0.1, 0.15) is 45.0 Å². The number of hydrogen-bond donors (Lipinski definition) is 1. The molecule has 0 saturated heterocycles. The zero-order chi connectivity index (χ0) is 13.8. The Morgan fingerprint density at radius 3 is 2.58 bits per heavy atom. The Kier molecular flexibility index (Phi) is 4.16. The Morgan fingerprint density at radius 1 is 1.26 bits per heavy atom. The molecule has 2 aromatic heterocycles. The number of aliphatic hydroxyl groups is 1. The molecule has 1 unspecified atom stereocenters. The first kappa shape index (κ1) is 13.5. The maximum Gasteiger partial charge on any atom is 0.165 e. The minimum atomic E-state index is -0.516. The highest BCUT2D eigenvalue weighted by Gasteiger charge is 2.07. The quantitative estimate of drug-likeness (QED) is 0.898. The molecule has 1 atom stereocenters. The van der Waals surface area contributed by atoms with Crippen LogP contribution < -0.4 is 4.74 Å². The smallest absolute Gasteiger partial charge is 0.165 e. The summed E-state index contributed by atoms with van der Waals surface area (Å²) >= 11 is 0. The fourth-order valence-corrected chi connectivity index (χ4v) is 1.65. The van der Waals surface area contributed by atoms with E-state index in [0.29, 0.717) is 29.7 Å². The molecule has 1 N–H and O–H groups in total. The molecular formula is C14H19N3O2. The van der Waals surface area contributed by atoms with Crippen LogP contribution in [-0.2, 0) is 0 Å². The van der Waals surface area contributed by atoms with Gasteiger partial charge in [-0.3, -0.25) is 9.67 Å². The standard InChI is InChI=1S/C14H19N3O2/c1-4-14(18)13-6-5-11(7-15-13)19-12-8-16-17(9-12)10(2)3/h5-10,14,18H,4H2,1-3H3. The van der Waals surface area contributed by atoms with E-state index in [4.69, 9.17) is 4.74 Å². The van der Waals surface area contributed by atoms with E-state index in [1.807, 2.05) is 17.8 Å². The van der Waals surface area contributed by atoms with E-state index in [0.717, 1.165) is 0 Å². The molecule has 0 bridgehead atoms. The molecule has 0 aromatic carbocycles. The Bertz CT molecular complexity index is 520. The van der Waals surface area contributed by atoms with Crippen molar-refractivity contribution in [2.75, 3.05) is 0 Å². The van der Waals surface area contributed by atoms with Crippen LogP contribution in [0.4, 0.5) is 0 Å². The van der Waals surface area contributed by atoms with Gasteiger partial charge in [-0.25, -0.2) is 0 Å². The second-order valence-corrected chi connectivity index (χ2v) is 4.69. The van der Waals surface area contributed by atoms with Gasteiger partial charge in [-0.1, -0.05) is 6.92 Å². The van der Waals surface area contributed by atoms with Crippen LogP contribution in [0, 0.1) is 0 Å². The van der Waals surface area contributed by atoms with Gasteiger partial charge in [-0.2, -0.15) is 5.10 Å². The Balaban J connectivity index is 2.06. The molecule has 2 rings (SSSR count). The first-order chi connectivity index (χ1) is 9.10. The second-order valence-electron chi connectivity index (χ2n) is 4.69. The van der Waals surface area contributed by atoms with Crippen LogP contribution in [0.25, 0.3) is 0 Å². The zero-order valence-corrected chi connectivity index (χ0v) is 11.4. The van der Waals surface area contributed by atoms with Crippen molar-refractivity contribution in [3.05, 3.63) is 36.4 Å². The van der Waals surface area contributed by atoms with E-state index in [9.17, 15) is 5.11 Å². The molecule has 0 saturated carbocycles.